The van der Waals surface area contributed by atoms with Gasteiger partial charge in [0.05, 0.1) is 12.7 Å². The van der Waals surface area contributed by atoms with Gasteiger partial charge in [0.25, 0.3) is 5.91 Å². The van der Waals surface area contributed by atoms with Crippen LogP contribution in [0.15, 0.2) is 42.5 Å². The van der Waals surface area contributed by atoms with Crippen molar-refractivity contribution in [2.24, 2.45) is 0 Å². The van der Waals surface area contributed by atoms with E-state index >= 15 is 0 Å². The average Bonchev–Trinajstić information content (AvgIpc) is 2.63. The normalized spacial score (nSPS) is 11.5. The summed E-state index contributed by atoms with van der Waals surface area (Å²) in [6, 6.07) is 11.0. The number of ether oxygens (including phenoxy) is 2. The monoisotopic (exact) mass is 359 g/mol. The van der Waals surface area contributed by atoms with Gasteiger partial charge in [-0.05, 0) is 55.7 Å². The number of methoxy groups -OCH3 is 1. The van der Waals surface area contributed by atoms with Crippen molar-refractivity contribution < 1.29 is 23.5 Å². The van der Waals surface area contributed by atoms with Gasteiger partial charge in [0.2, 0.25) is 0 Å². The van der Waals surface area contributed by atoms with Gasteiger partial charge in [-0.3, -0.25) is 4.79 Å². The third kappa shape index (κ3) is 5.31. The molecule has 1 N–H and O–H groups in total. The molecule has 138 valence electrons. The van der Waals surface area contributed by atoms with Crippen molar-refractivity contribution >= 4 is 11.9 Å². The predicted octanol–water partition coefficient (Wildman–Crippen LogP) is 3.05. The lowest BCUT2D eigenvalue weighted by atomic mass is 10.1. The number of benzene rings is 2. The quantitative estimate of drug-likeness (QED) is 0.772. The van der Waals surface area contributed by atoms with Crippen LogP contribution in [-0.2, 0) is 16.0 Å². The number of amides is 1. The Kier molecular flexibility index (Phi) is 6.72. The van der Waals surface area contributed by atoms with E-state index in [1.54, 1.807) is 30.3 Å². The van der Waals surface area contributed by atoms with Crippen LogP contribution < -0.4 is 10.1 Å². The Morgan fingerprint density at radius 1 is 1.15 bits per heavy atom. The van der Waals surface area contributed by atoms with Crippen molar-refractivity contribution in [3.63, 3.8) is 0 Å². The molecule has 1 atom stereocenters. The van der Waals surface area contributed by atoms with Crippen molar-refractivity contribution in [3.8, 4) is 5.75 Å². The Labute approximate surface area is 152 Å². The lowest BCUT2D eigenvalue weighted by molar-refractivity contribution is -0.129. The Bertz CT molecular complexity index is 774. The highest BCUT2D eigenvalue weighted by atomic mass is 19.1. The number of carbonyl (C=O) groups excluding carboxylic acids is 2. The summed E-state index contributed by atoms with van der Waals surface area (Å²) in [5.74, 6) is -0.703. The highest BCUT2D eigenvalue weighted by molar-refractivity contribution is 5.92. The van der Waals surface area contributed by atoms with E-state index < -0.39 is 12.1 Å². The maximum absolute atomic E-state index is 12.8. The molecule has 1 unspecified atom stereocenters. The summed E-state index contributed by atoms with van der Waals surface area (Å²) in [6.07, 6.45) is -0.370. The van der Waals surface area contributed by atoms with Crippen molar-refractivity contribution in [2.45, 2.75) is 26.4 Å². The van der Waals surface area contributed by atoms with Crippen LogP contribution in [0.1, 0.15) is 28.4 Å². The number of rotatable bonds is 7. The molecule has 0 saturated heterocycles. The summed E-state index contributed by atoms with van der Waals surface area (Å²) >= 11 is 0. The molecule has 0 aliphatic carbocycles. The van der Waals surface area contributed by atoms with Crippen LogP contribution in [0.5, 0.6) is 5.75 Å². The minimum atomic E-state index is -0.928. The smallest absolute Gasteiger partial charge is 0.339 e. The Balaban J connectivity index is 1.84. The number of carbonyl (C=O) groups is 2. The number of esters is 1. The SMILES string of the molecule is COc1cc(C(=O)OC(C)C(=O)NCCc2ccc(F)cc2)ccc1C. The van der Waals surface area contributed by atoms with Crippen molar-refractivity contribution in [2.75, 3.05) is 13.7 Å². The fourth-order valence-corrected chi connectivity index (χ4v) is 2.35. The number of aryl methyl sites for hydroxylation is 1. The zero-order chi connectivity index (χ0) is 19.1. The molecule has 26 heavy (non-hydrogen) atoms. The van der Waals surface area contributed by atoms with Gasteiger partial charge in [-0.1, -0.05) is 18.2 Å². The average molecular weight is 359 g/mol. The van der Waals surface area contributed by atoms with E-state index in [2.05, 4.69) is 5.32 Å². The molecule has 5 nitrogen and oxygen atoms in total. The third-order valence-electron chi connectivity index (χ3n) is 3.92. The number of nitrogens with one attached hydrogen (secondary N) is 1. The lowest BCUT2D eigenvalue weighted by Crippen LogP contribution is -2.36. The molecule has 2 rings (SSSR count). The highest BCUT2D eigenvalue weighted by Gasteiger charge is 2.19. The molecule has 6 heteroatoms. The zero-order valence-corrected chi connectivity index (χ0v) is 15.0. The first-order chi connectivity index (χ1) is 12.4. The summed E-state index contributed by atoms with van der Waals surface area (Å²) in [4.78, 5) is 24.2. The fraction of sp³-hybridized carbons (Fsp3) is 0.300. The number of hydrogen-bond acceptors (Lipinski definition) is 4. The van der Waals surface area contributed by atoms with E-state index in [0.717, 1.165) is 11.1 Å². The Morgan fingerprint density at radius 3 is 2.50 bits per heavy atom. The zero-order valence-electron chi connectivity index (χ0n) is 15.0. The molecule has 0 aliphatic rings. The van der Waals surface area contributed by atoms with Crippen LogP contribution in [0, 0.1) is 12.7 Å². The van der Waals surface area contributed by atoms with E-state index in [1.807, 2.05) is 6.92 Å². The van der Waals surface area contributed by atoms with Crippen molar-refractivity contribution in [1.82, 2.24) is 5.32 Å². The van der Waals surface area contributed by atoms with Gasteiger partial charge < -0.3 is 14.8 Å². The first-order valence-corrected chi connectivity index (χ1v) is 8.28. The van der Waals surface area contributed by atoms with Gasteiger partial charge in [0.15, 0.2) is 6.10 Å². The van der Waals surface area contributed by atoms with E-state index in [4.69, 9.17) is 9.47 Å². The summed E-state index contributed by atoms with van der Waals surface area (Å²) in [5.41, 5.74) is 2.12. The third-order valence-corrected chi connectivity index (χ3v) is 3.92. The van der Waals surface area contributed by atoms with Gasteiger partial charge >= 0.3 is 5.97 Å². The van der Waals surface area contributed by atoms with Crippen LogP contribution in [0.2, 0.25) is 0 Å². The van der Waals surface area contributed by atoms with Crippen LogP contribution in [0.4, 0.5) is 4.39 Å². The second-order valence-electron chi connectivity index (χ2n) is 5.90. The first kappa shape index (κ1) is 19.4. The largest absolute Gasteiger partial charge is 0.496 e. The van der Waals surface area contributed by atoms with Crippen molar-refractivity contribution in [3.05, 3.63) is 65.0 Å². The fourth-order valence-electron chi connectivity index (χ4n) is 2.35. The van der Waals surface area contributed by atoms with E-state index in [-0.39, 0.29) is 11.7 Å². The Morgan fingerprint density at radius 2 is 1.85 bits per heavy atom. The van der Waals surface area contributed by atoms with E-state index in [0.29, 0.717) is 24.3 Å². The molecule has 0 fully saturated rings. The summed E-state index contributed by atoms with van der Waals surface area (Å²) < 4.78 is 23.2. The molecule has 1 amide bonds. The maximum atomic E-state index is 12.8. The van der Waals surface area contributed by atoms with Gasteiger partial charge in [-0.15, -0.1) is 0 Å². The molecular weight excluding hydrogens is 337 g/mol. The van der Waals surface area contributed by atoms with Gasteiger partial charge in [0.1, 0.15) is 11.6 Å². The topological polar surface area (TPSA) is 64.6 Å². The Hall–Kier alpha value is -2.89. The molecule has 0 bridgehead atoms. The second kappa shape index (κ2) is 8.99. The molecule has 0 aliphatic heterocycles. The summed E-state index contributed by atoms with van der Waals surface area (Å²) in [7, 11) is 1.52. The molecular formula is C20H22FNO4. The molecule has 0 radical (unpaired) electrons. The molecule has 0 heterocycles. The minimum Gasteiger partial charge on any atom is -0.496 e. The predicted molar refractivity (Wildman–Crippen MR) is 95.7 cm³/mol. The molecule has 0 aromatic heterocycles. The van der Waals surface area contributed by atoms with Crippen LogP contribution in [0.3, 0.4) is 0 Å². The summed E-state index contributed by atoms with van der Waals surface area (Å²) in [6.45, 7) is 3.74. The van der Waals surface area contributed by atoms with E-state index in [9.17, 15) is 14.0 Å². The molecule has 2 aromatic carbocycles. The summed E-state index contributed by atoms with van der Waals surface area (Å²) in [5, 5.41) is 2.70. The van der Waals surface area contributed by atoms with Crippen LogP contribution in [-0.4, -0.2) is 31.6 Å². The maximum Gasteiger partial charge on any atom is 0.339 e. The van der Waals surface area contributed by atoms with Crippen LogP contribution >= 0.6 is 0 Å². The lowest BCUT2D eigenvalue weighted by Gasteiger charge is -2.14. The highest BCUT2D eigenvalue weighted by Crippen LogP contribution is 2.19. The standard InChI is InChI=1S/C20H22FNO4/c1-13-4-7-16(12-18(13)25-3)20(24)26-14(2)19(23)22-11-10-15-5-8-17(21)9-6-15/h4-9,12,14H,10-11H2,1-3H3,(H,22,23). The molecule has 0 spiro atoms. The van der Waals surface area contributed by atoms with Gasteiger partial charge in [-0.2, -0.15) is 0 Å². The molecule has 0 saturated carbocycles. The first-order valence-electron chi connectivity index (χ1n) is 8.28. The van der Waals surface area contributed by atoms with E-state index in [1.165, 1.54) is 26.2 Å². The second-order valence-corrected chi connectivity index (χ2v) is 5.90. The minimum absolute atomic E-state index is 0.300. The van der Waals surface area contributed by atoms with Crippen LogP contribution in [0.25, 0.3) is 0 Å². The van der Waals surface area contributed by atoms with Gasteiger partial charge in [-0.25, -0.2) is 9.18 Å². The number of hydrogen-bond donors (Lipinski definition) is 1. The van der Waals surface area contributed by atoms with Crippen molar-refractivity contribution in [1.29, 1.82) is 0 Å². The van der Waals surface area contributed by atoms with Gasteiger partial charge in [0, 0.05) is 6.54 Å². The number of halogens is 1. The molecule has 2 aromatic rings.